The van der Waals surface area contributed by atoms with Crippen LogP contribution in [-0.4, -0.2) is 26.4 Å². The summed E-state index contributed by atoms with van der Waals surface area (Å²) in [5, 5.41) is 0. The Morgan fingerprint density at radius 1 is 0.690 bits per heavy atom. The van der Waals surface area contributed by atoms with Gasteiger partial charge in [0, 0.05) is 5.69 Å². The molecule has 0 amide bonds. The molecule has 3 aromatic rings. The first-order valence-electron chi connectivity index (χ1n) is 9.14. The van der Waals surface area contributed by atoms with Gasteiger partial charge in [-0.3, -0.25) is 0 Å². The molecule has 0 N–H and O–H groups in total. The van der Waals surface area contributed by atoms with E-state index in [0.717, 1.165) is 47.5 Å². The number of halogens is 2. The number of hydrogen-bond donors (Lipinski definition) is 0. The molecule has 0 bridgehead atoms. The molecule has 29 heavy (non-hydrogen) atoms. The van der Waals surface area contributed by atoms with Gasteiger partial charge in [-0.15, -0.1) is 22.7 Å². The van der Waals surface area contributed by atoms with Crippen LogP contribution in [0.1, 0.15) is 9.75 Å². The van der Waals surface area contributed by atoms with E-state index in [-0.39, 0.29) is 0 Å². The second kappa shape index (κ2) is 8.67. The molecule has 0 saturated carbocycles. The maximum Gasteiger partial charge on any atom is 0.185 e. The van der Waals surface area contributed by atoms with E-state index in [1.54, 1.807) is 22.7 Å². The van der Waals surface area contributed by atoms with Crippen molar-refractivity contribution in [2.75, 3.05) is 31.3 Å². The van der Waals surface area contributed by atoms with Gasteiger partial charge in [0.25, 0.3) is 0 Å². The van der Waals surface area contributed by atoms with Gasteiger partial charge in [-0.05, 0) is 57.3 Å². The third-order valence-corrected chi connectivity index (χ3v) is 8.80. The normalized spacial score (nSPS) is 14.7. The van der Waals surface area contributed by atoms with Crippen LogP contribution < -0.4 is 23.8 Å². The van der Waals surface area contributed by atoms with Crippen LogP contribution in [0.4, 0.5) is 5.69 Å². The van der Waals surface area contributed by atoms with E-state index in [0.29, 0.717) is 26.4 Å². The maximum absolute atomic E-state index is 5.97. The van der Waals surface area contributed by atoms with Crippen molar-refractivity contribution in [2.24, 2.45) is 0 Å². The highest BCUT2D eigenvalue weighted by Gasteiger charge is 2.27. The molecule has 0 spiro atoms. The van der Waals surface area contributed by atoms with Gasteiger partial charge in [0.1, 0.15) is 32.2 Å². The zero-order chi connectivity index (χ0) is 19.8. The zero-order valence-corrected chi connectivity index (χ0v) is 21.2. The summed E-state index contributed by atoms with van der Waals surface area (Å²) >= 11 is 8.16. The van der Waals surface area contributed by atoms with E-state index in [1.165, 1.54) is 9.75 Å². The van der Waals surface area contributed by atoms with Crippen molar-refractivity contribution < 1.29 is 18.9 Å². The topological polar surface area (TPSA) is 40.2 Å². The molecule has 152 valence electrons. The first-order chi connectivity index (χ1) is 14.2. The van der Waals surface area contributed by atoms with Crippen molar-refractivity contribution >= 4 is 73.5 Å². The van der Waals surface area contributed by atoms with E-state index in [2.05, 4.69) is 74.3 Å². The fraction of sp³-hybridized carbons (Fsp3) is 0.300. The lowest BCUT2D eigenvalue weighted by Crippen LogP contribution is -2.23. The van der Waals surface area contributed by atoms with Crippen LogP contribution in [0, 0.1) is 5.77 Å². The quantitative estimate of drug-likeness (QED) is 0.328. The number of rotatable bonds is 5. The summed E-state index contributed by atoms with van der Waals surface area (Å²) in [5.41, 5.74) is 1.16. The Kier molecular flexibility index (Phi) is 5.99. The van der Waals surface area contributed by atoms with Gasteiger partial charge >= 0.3 is 0 Å². The summed E-state index contributed by atoms with van der Waals surface area (Å²) in [5.74, 6) is 3.58. The van der Waals surface area contributed by atoms with Crippen LogP contribution in [0.3, 0.4) is 0 Å². The van der Waals surface area contributed by atoms with E-state index >= 15 is 0 Å². The summed E-state index contributed by atoms with van der Waals surface area (Å²) in [6.45, 7) is 3.90. The monoisotopic (exact) mass is 653 g/mol. The fourth-order valence-corrected chi connectivity index (χ4v) is 7.62. The van der Waals surface area contributed by atoms with Crippen molar-refractivity contribution in [2.45, 2.75) is 13.1 Å². The van der Waals surface area contributed by atoms with E-state index in [4.69, 9.17) is 18.9 Å². The zero-order valence-electron chi connectivity index (χ0n) is 15.3. The highest BCUT2D eigenvalue weighted by atomic mass is 127. The number of nitrogens with zero attached hydrogens (tertiary/aromatic N) is 1. The Morgan fingerprint density at radius 3 is 1.62 bits per heavy atom. The van der Waals surface area contributed by atoms with Gasteiger partial charge in [0.05, 0.1) is 22.8 Å². The van der Waals surface area contributed by atoms with Crippen molar-refractivity contribution in [3.63, 3.8) is 0 Å². The van der Waals surface area contributed by atoms with Crippen LogP contribution >= 0.6 is 67.9 Å². The Bertz CT molecular complexity index is 959. The van der Waals surface area contributed by atoms with Crippen LogP contribution in [0.5, 0.6) is 23.0 Å². The molecule has 5 rings (SSSR count). The number of benzene rings is 1. The van der Waals surface area contributed by atoms with Crippen molar-refractivity contribution in [1.29, 1.82) is 0 Å². The number of para-hydroxylation sites is 1. The summed E-state index contributed by atoms with van der Waals surface area (Å²) < 4.78 is 25.9. The van der Waals surface area contributed by atoms with Gasteiger partial charge in [-0.25, -0.2) is 0 Å². The highest BCUT2D eigenvalue weighted by molar-refractivity contribution is 14.1. The van der Waals surface area contributed by atoms with Gasteiger partial charge < -0.3 is 23.8 Å². The van der Waals surface area contributed by atoms with E-state index in [1.807, 2.05) is 6.07 Å². The minimum Gasteiger partial charge on any atom is -0.485 e. The van der Waals surface area contributed by atoms with Crippen LogP contribution in [0.2, 0.25) is 0 Å². The van der Waals surface area contributed by atoms with E-state index < -0.39 is 0 Å². The lowest BCUT2D eigenvalue weighted by molar-refractivity contribution is 0.170. The third-order valence-electron chi connectivity index (χ3n) is 4.64. The highest BCUT2D eigenvalue weighted by Crippen LogP contribution is 2.47. The first-order valence-corrected chi connectivity index (χ1v) is 12.9. The summed E-state index contributed by atoms with van der Waals surface area (Å²) in [7, 11) is 0. The molecule has 4 heterocycles. The van der Waals surface area contributed by atoms with Crippen molar-refractivity contribution in [3.05, 3.63) is 45.9 Å². The maximum atomic E-state index is 5.97. The Labute approximate surface area is 204 Å². The van der Waals surface area contributed by atoms with Crippen molar-refractivity contribution in [1.82, 2.24) is 0 Å². The molecular weight excluding hydrogens is 636 g/mol. The Hall–Kier alpha value is -0.920. The third kappa shape index (κ3) is 4.02. The fourth-order valence-electron chi connectivity index (χ4n) is 3.38. The number of fused-ring (bicyclic) bond motifs is 2. The average molecular weight is 653 g/mol. The Morgan fingerprint density at radius 2 is 1.14 bits per heavy atom. The number of ether oxygens (including phenoxy) is 4. The number of hydrogen-bond acceptors (Lipinski definition) is 7. The molecule has 2 aromatic heterocycles. The molecule has 9 heteroatoms. The summed E-state index contributed by atoms with van der Waals surface area (Å²) in [4.78, 5) is 4.73. The second-order valence-corrected chi connectivity index (χ2v) is 12.3. The van der Waals surface area contributed by atoms with Crippen LogP contribution in [-0.2, 0) is 13.1 Å². The lowest BCUT2D eigenvalue weighted by Gasteiger charge is -2.26. The standard InChI is InChI=1S/C20H17I2NO4S2/c21-19-17-15(24-6-8-26-17)13(28-19)10-23(12-4-2-1-3-5-12)11-14-16-18(20(22)29-14)27-9-7-25-16/h1-5H,6-11H2. The molecule has 0 aliphatic carbocycles. The average Bonchev–Trinajstić information content (AvgIpc) is 3.25. The SMILES string of the molecule is Ic1sc(CN(Cc2sc(I)c3c2OCCO3)c2ccccc2)c2c1OCCO2. The molecule has 5 nitrogen and oxygen atoms in total. The van der Waals surface area contributed by atoms with Crippen LogP contribution in [0.15, 0.2) is 30.3 Å². The van der Waals surface area contributed by atoms with Crippen molar-refractivity contribution in [3.8, 4) is 23.0 Å². The summed E-state index contributed by atoms with van der Waals surface area (Å²) in [6, 6.07) is 10.5. The van der Waals surface area contributed by atoms with Gasteiger partial charge in [-0.2, -0.15) is 0 Å². The molecule has 0 unspecified atom stereocenters. The predicted octanol–water partition coefficient (Wildman–Crippen LogP) is 5.77. The molecular formula is C20H17I2NO4S2. The van der Waals surface area contributed by atoms with Gasteiger partial charge in [-0.1, -0.05) is 18.2 Å². The molecule has 0 atom stereocenters. The van der Waals surface area contributed by atoms with Crippen LogP contribution in [0.25, 0.3) is 0 Å². The molecule has 0 saturated heterocycles. The Balaban J connectivity index is 1.49. The van der Waals surface area contributed by atoms with Gasteiger partial charge in [0.2, 0.25) is 0 Å². The van der Waals surface area contributed by atoms with E-state index in [9.17, 15) is 0 Å². The molecule has 1 aromatic carbocycles. The van der Waals surface area contributed by atoms with Gasteiger partial charge in [0.15, 0.2) is 23.0 Å². The first kappa shape index (κ1) is 20.0. The molecule has 0 radical (unpaired) electrons. The number of anilines is 1. The smallest absolute Gasteiger partial charge is 0.185 e. The minimum atomic E-state index is 0.597. The number of thiophene rings is 2. The summed E-state index contributed by atoms with van der Waals surface area (Å²) in [6.07, 6.45) is 0. The lowest BCUT2D eigenvalue weighted by atomic mass is 10.2. The molecule has 0 fully saturated rings. The largest absolute Gasteiger partial charge is 0.485 e. The molecule has 2 aliphatic heterocycles. The predicted molar refractivity (Wildman–Crippen MR) is 132 cm³/mol. The second-order valence-electron chi connectivity index (χ2n) is 6.50. The molecule has 2 aliphatic rings. The minimum absolute atomic E-state index is 0.597.